The molecule has 0 aromatic heterocycles. The zero-order valence-electron chi connectivity index (χ0n) is 26.3. The Labute approximate surface area is 254 Å². The monoisotopic (exact) mass is 610 g/mol. The number of amides is 1. The van der Waals surface area contributed by atoms with Gasteiger partial charge in [-0.1, -0.05) is 102 Å². The maximum absolute atomic E-state index is 12.9. The molecule has 42 heavy (non-hydrogen) atoms. The van der Waals surface area contributed by atoms with Crippen molar-refractivity contribution >= 4 is 19.7 Å². The van der Waals surface area contributed by atoms with Crippen molar-refractivity contribution < 1.29 is 32.8 Å². The van der Waals surface area contributed by atoms with E-state index in [-0.39, 0.29) is 19.1 Å². The van der Waals surface area contributed by atoms with Crippen LogP contribution < -0.4 is 5.32 Å². The first-order chi connectivity index (χ1) is 20.2. The summed E-state index contributed by atoms with van der Waals surface area (Å²) in [5.74, 6) is -0.956. The molecule has 1 aromatic carbocycles. The van der Waals surface area contributed by atoms with E-state index in [0.717, 1.165) is 25.8 Å². The summed E-state index contributed by atoms with van der Waals surface area (Å²) in [6.07, 6.45) is 17.3. The maximum Gasteiger partial charge on any atom is 0.472 e. The normalized spacial score (nSPS) is 14.5. The Hall–Kier alpha value is -2.03. The van der Waals surface area contributed by atoms with Crippen LogP contribution in [0.15, 0.2) is 42.5 Å². The first-order valence-corrected chi connectivity index (χ1v) is 17.2. The predicted octanol–water partition coefficient (Wildman–Crippen LogP) is 7.06. The lowest BCUT2D eigenvalue weighted by atomic mass is 10.0. The highest BCUT2D eigenvalue weighted by Gasteiger charge is 2.29. The van der Waals surface area contributed by atoms with Gasteiger partial charge in [-0.3, -0.25) is 13.8 Å². The Bertz CT molecular complexity index is 929. The van der Waals surface area contributed by atoms with Gasteiger partial charge in [-0.2, -0.15) is 0 Å². The maximum atomic E-state index is 12.9. The minimum absolute atomic E-state index is 0.00814. The number of nitrogens with zero attached hydrogens (tertiary/aromatic N) is 1. The summed E-state index contributed by atoms with van der Waals surface area (Å²) in [6, 6.07) is 7.65. The third kappa shape index (κ3) is 19.2. The molecule has 1 unspecified atom stereocenters. The van der Waals surface area contributed by atoms with Crippen LogP contribution in [-0.2, 0) is 23.1 Å². The highest BCUT2D eigenvalue weighted by molar-refractivity contribution is 7.47. The fraction of sp³-hybridized carbons (Fsp3) is 0.688. The molecule has 0 saturated carbocycles. The number of likely N-dealkylation sites (N-methyl/N-ethyl adjacent to an activating group) is 1. The molecule has 9 nitrogen and oxygen atoms in total. The van der Waals surface area contributed by atoms with Crippen LogP contribution in [0.25, 0.3) is 0 Å². The molecule has 0 fully saturated rings. The van der Waals surface area contributed by atoms with Crippen molar-refractivity contribution in [2.75, 3.05) is 33.4 Å². The molecule has 1 rings (SSSR count). The number of phosphoric ester groups is 1. The van der Waals surface area contributed by atoms with Crippen molar-refractivity contribution in [3.05, 3.63) is 48.0 Å². The summed E-state index contributed by atoms with van der Waals surface area (Å²) in [5, 5.41) is 2.70. The van der Waals surface area contributed by atoms with Crippen LogP contribution in [0.5, 0.6) is 0 Å². The van der Waals surface area contributed by atoms with Gasteiger partial charge in [-0.25, -0.2) is 9.36 Å². The van der Waals surface area contributed by atoms with E-state index in [1.54, 1.807) is 36.4 Å². The van der Waals surface area contributed by atoms with Crippen molar-refractivity contribution in [1.29, 1.82) is 0 Å². The fourth-order valence-corrected chi connectivity index (χ4v) is 5.08. The number of unbranched alkanes of at least 4 members (excludes halogenated alkanes) is 11. The SMILES string of the molecule is CCCCCCCCCCCCC/C=C/[C@@H](OC(=O)c1ccccc1)[C@H](COP(=O)(O)OCCN(C)CC)NC(C)=O. The van der Waals surface area contributed by atoms with Crippen LogP contribution in [0.2, 0.25) is 0 Å². The van der Waals surface area contributed by atoms with E-state index in [1.165, 1.54) is 64.7 Å². The van der Waals surface area contributed by atoms with E-state index < -0.39 is 25.9 Å². The highest BCUT2D eigenvalue weighted by Crippen LogP contribution is 2.43. The van der Waals surface area contributed by atoms with Crippen LogP contribution in [0.4, 0.5) is 0 Å². The summed E-state index contributed by atoms with van der Waals surface area (Å²) < 4.78 is 28.5. The molecule has 0 bridgehead atoms. The molecule has 0 radical (unpaired) electrons. The van der Waals surface area contributed by atoms with Gasteiger partial charge in [0.1, 0.15) is 6.10 Å². The number of rotatable bonds is 25. The predicted molar refractivity (Wildman–Crippen MR) is 168 cm³/mol. The molecule has 2 N–H and O–H groups in total. The topological polar surface area (TPSA) is 114 Å². The van der Waals surface area contributed by atoms with Crippen molar-refractivity contribution in [3.8, 4) is 0 Å². The number of nitrogens with one attached hydrogen (secondary N) is 1. The van der Waals surface area contributed by atoms with E-state index >= 15 is 0 Å². The molecule has 1 aromatic rings. The average Bonchev–Trinajstić information content (AvgIpc) is 2.97. The Morgan fingerprint density at radius 3 is 2.12 bits per heavy atom. The number of carbonyl (C=O) groups excluding carboxylic acids is 2. The second-order valence-electron chi connectivity index (χ2n) is 10.8. The second-order valence-corrected chi connectivity index (χ2v) is 12.2. The molecule has 0 aliphatic heterocycles. The number of ether oxygens (including phenoxy) is 1. The van der Waals surface area contributed by atoms with Gasteiger partial charge in [0.15, 0.2) is 0 Å². The van der Waals surface area contributed by atoms with Gasteiger partial charge in [-0.15, -0.1) is 0 Å². The molecule has 0 spiro atoms. The third-order valence-corrected chi connectivity index (χ3v) is 8.01. The lowest BCUT2D eigenvalue weighted by Crippen LogP contribution is -2.46. The van der Waals surface area contributed by atoms with E-state index in [2.05, 4.69) is 12.2 Å². The molecule has 0 aliphatic rings. The summed E-state index contributed by atoms with van der Waals surface area (Å²) in [5.41, 5.74) is 0.361. The number of hydrogen-bond donors (Lipinski definition) is 2. The van der Waals surface area contributed by atoms with Crippen molar-refractivity contribution in [3.63, 3.8) is 0 Å². The van der Waals surface area contributed by atoms with Gasteiger partial charge in [0, 0.05) is 13.5 Å². The summed E-state index contributed by atoms with van der Waals surface area (Å²) in [6.45, 7) is 6.38. The van der Waals surface area contributed by atoms with Gasteiger partial charge in [-0.05, 0) is 44.6 Å². The lowest BCUT2D eigenvalue weighted by Gasteiger charge is -2.26. The van der Waals surface area contributed by atoms with Crippen molar-refractivity contribution in [2.45, 2.75) is 110 Å². The van der Waals surface area contributed by atoms with Gasteiger partial charge in [0.2, 0.25) is 5.91 Å². The number of carbonyl (C=O) groups is 2. The summed E-state index contributed by atoms with van der Waals surface area (Å²) in [7, 11) is -2.52. The van der Waals surface area contributed by atoms with Gasteiger partial charge in [0.05, 0.1) is 24.8 Å². The van der Waals surface area contributed by atoms with Gasteiger partial charge < -0.3 is 19.8 Å². The standard InChI is InChI=1S/C32H55N2O7P/c1-5-7-8-9-10-11-12-13-14-15-16-17-21-24-31(41-32(36)29-22-19-18-20-23-29)30(33-28(3)35)27-40-42(37,38)39-26-25-34(4)6-2/h18-24,30-31H,5-17,25-27H2,1-4H3,(H,33,35)(H,37,38)/b24-21+/t30-,31+/m0/s1. The second kappa shape index (κ2) is 23.4. The highest BCUT2D eigenvalue weighted by atomic mass is 31.2. The average molecular weight is 611 g/mol. The van der Waals surface area contributed by atoms with E-state index in [9.17, 15) is 19.0 Å². The Morgan fingerprint density at radius 2 is 1.55 bits per heavy atom. The Morgan fingerprint density at radius 1 is 0.952 bits per heavy atom. The molecular formula is C32H55N2O7P. The molecule has 0 aliphatic carbocycles. The molecule has 1 amide bonds. The molecular weight excluding hydrogens is 555 g/mol. The Kier molecular flexibility index (Phi) is 21.2. The van der Waals surface area contributed by atoms with Gasteiger partial charge >= 0.3 is 13.8 Å². The van der Waals surface area contributed by atoms with Crippen molar-refractivity contribution in [2.24, 2.45) is 0 Å². The summed E-state index contributed by atoms with van der Waals surface area (Å²) >= 11 is 0. The first kappa shape index (κ1) is 38.0. The quantitative estimate of drug-likeness (QED) is 0.0524. The Balaban J connectivity index is 2.71. The zero-order chi connectivity index (χ0) is 31.1. The van der Waals surface area contributed by atoms with Crippen LogP contribution in [0.1, 0.15) is 108 Å². The lowest BCUT2D eigenvalue weighted by molar-refractivity contribution is -0.120. The van der Waals surface area contributed by atoms with Crippen LogP contribution >= 0.6 is 7.82 Å². The number of esters is 1. The molecule has 0 saturated heterocycles. The molecule has 10 heteroatoms. The van der Waals surface area contributed by atoms with E-state index in [0.29, 0.717) is 12.1 Å². The number of benzene rings is 1. The number of hydrogen-bond acceptors (Lipinski definition) is 7. The number of allylic oxidation sites excluding steroid dienone is 1. The largest absolute Gasteiger partial charge is 0.472 e. The summed E-state index contributed by atoms with van der Waals surface area (Å²) in [4.78, 5) is 37.0. The third-order valence-electron chi connectivity index (χ3n) is 7.02. The van der Waals surface area contributed by atoms with E-state index in [1.807, 2.05) is 24.9 Å². The molecule has 3 atom stereocenters. The minimum Gasteiger partial charge on any atom is -0.452 e. The fourth-order valence-electron chi connectivity index (χ4n) is 4.34. The zero-order valence-corrected chi connectivity index (χ0v) is 27.2. The van der Waals surface area contributed by atoms with Crippen molar-refractivity contribution in [1.82, 2.24) is 10.2 Å². The molecule has 240 valence electrons. The van der Waals surface area contributed by atoms with Crippen LogP contribution in [-0.4, -0.2) is 67.2 Å². The van der Waals surface area contributed by atoms with E-state index in [4.69, 9.17) is 13.8 Å². The first-order valence-electron chi connectivity index (χ1n) is 15.7. The van der Waals surface area contributed by atoms with Crippen LogP contribution in [0.3, 0.4) is 0 Å². The number of phosphoric acid groups is 1. The minimum atomic E-state index is -4.39. The molecule has 0 heterocycles. The van der Waals surface area contributed by atoms with Gasteiger partial charge in [0.25, 0.3) is 0 Å². The smallest absolute Gasteiger partial charge is 0.452 e. The van der Waals surface area contributed by atoms with Crippen LogP contribution in [0, 0.1) is 0 Å².